The van der Waals surface area contributed by atoms with E-state index in [1.807, 2.05) is 0 Å². The molecule has 0 aromatic carbocycles. The highest BCUT2D eigenvalue weighted by molar-refractivity contribution is 5.48. The SMILES string of the molecule is C=Cc1nc(N)n(C)c1CO. The lowest BCUT2D eigenvalue weighted by Crippen LogP contribution is -2.01. The molecular formula is C7H11N3O. The van der Waals surface area contributed by atoms with Gasteiger partial charge in [-0.25, -0.2) is 4.98 Å². The maximum Gasteiger partial charge on any atom is 0.200 e. The van der Waals surface area contributed by atoms with Crippen LogP contribution in [0.1, 0.15) is 11.4 Å². The maximum atomic E-state index is 8.88. The van der Waals surface area contributed by atoms with Crippen LogP contribution in [-0.2, 0) is 13.7 Å². The Morgan fingerprint density at radius 2 is 2.45 bits per heavy atom. The van der Waals surface area contributed by atoms with Crippen molar-refractivity contribution < 1.29 is 5.11 Å². The van der Waals surface area contributed by atoms with Crippen LogP contribution in [0.15, 0.2) is 6.58 Å². The van der Waals surface area contributed by atoms with Gasteiger partial charge >= 0.3 is 0 Å². The van der Waals surface area contributed by atoms with Crippen molar-refractivity contribution in [3.8, 4) is 0 Å². The number of aromatic nitrogens is 2. The van der Waals surface area contributed by atoms with E-state index in [-0.39, 0.29) is 6.61 Å². The molecule has 0 fully saturated rings. The summed E-state index contributed by atoms with van der Waals surface area (Å²) in [5.41, 5.74) is 6.82. The van der Waals surface area contributed by atoms with Gasteiger partial charge in [-0.15, -0.1) is 0 Å². The molecule has 0 unspecified atom stereocenters. The van der Waals surface area contributed by atoms with E-state index in [2.05, 4.69) is 11.6 Å². The summed E-state index contributed by atoms with van der Waals surface area (Å²) in [7, 11) is 1.75. The molecule has 11 heavy (non-hydrogen) atoms. The third kappa shape index (κ3) is 1.12. The lowest BCUT2D eigenvalue weighted by molar-refractivity contribution is 0.272. The van der Waals surface area contributed by atoms with Gasteiger partial charge in [-0.2, -0.15) is 0 Å². The average molecular weight is 153 g/mol. The largest absolute Gasteiger partial charge is 0.390 e. The summed E-state index contributed by atoms with van der Waals surface area (Å²) in [6, 6.07) is 0. The summed E-state index contributed by atoms with van der Waals surface area (Å²) in [5, 5.41) is 8.88. The summed E-state index contributed by atoms with van der Waals surface area (Å²) < 4.78 is 1.64. The van der Waals surface area contributed by atoms with Crippen molar-refractivity contribution in [3.63, 3.8) is 0 Å². The number of nitrogens with zero attached hydrogens (tertiary/aromatic N) is 2. The minimum atomic E-state index is -0.0674. The summed E-state index contributed by atoms with van der Waals surface area (Å²) in [6.45, 7) is 3.48. The molecular weight excluding hydrogens is 142 g/mol. The standard InChI is InChI=1S/C7H11N3O/c1-3-5-6(4-11)10(2)7(8)9-5/h3,11H,1,4H2,2H3,(H2,8,9). The Hall–Kier alpha value is -1.29. The molecule has 0 aliphatic heterocycles. The van der Waals surface area contributed by atoms with Gasteiger partial charge < -0.3 is 15.4 Å². The van der Waals surface area contributed by atoms with Gasteiger partial charge in [0.15, 0.2) is 0 Å². The maximum absolute atomic E-state index is 8.88. The van der Waals surface area contributed by atoms with Crippen LogP contribution in [0.2, 0.25) is 0 Å². The first-order chi connectivity index (χ1) is 5.20. The molecule has 60 valence electrons. The Labute approximate surface area is 65.0 Å². The zero-order valence-electron chi connectivity index (χ0n) is 6.41. The number of nitrogens with two attached hydrogens (primary N) is 1. The van der Waals surface area contributed by atoms with E-state index in [9.17, 15) is 0 Å². The molecule has 3 N–H and O–H groups in total. The second kappa shape index (κ2) is 2.75. The van der Waals surface area contributed by atoms with Crippen molar-refractivity contribution in [1.29, 1.82) is 0 Å². The quantitative estimate of drug-likeness (QED) is 0.635. The fourth-order valence-electron chi connectivity index (χ4n) is 0.924. The van der Waals surface area contributed by atoms with Gasteiger partial charge in [0.25, 0.3) is 0 Å². The van der Waals surface area contributed by atoms with Gasteiger partial charge in [0.1, 0.15) is 0 Å². The molecule has 4 heteroatoms. The van der Waals surface area contributed by atoms with Crippen molar-refractivity contribution in [2.24, 2.45) is 7.05 Å². The van der Waals surface area contributed by atoms with Gasteiger partial charge in [-0.3, -0.25) is 0 Å². The summed E-state index contributed by atoms with van der Waals surface area (Å²) >= 11 is 0. The number of nitrogen functional groups attached to an aromatic ring is 1. The lowest BCUT2D eigenvalue weighted by Gasteiger charge is -1.98. The third-order valence-electron chi connectivity index (χ3n) is 1.62. The van der Waals surface area contributed by atoms with Crippen LogP contribution in [0, 0.1) is 0 Å². The zero-order valence-corrected chi connectivity index (χ0v) is 6.41. The summed E-state index contributed by atoms with van der Waals surface area (Å²) in [6.07, 6.45) is 1.57. The van der Waals surface area contributed by atoms with E-state index < -0.39 is 0 Å². The van der Waals surface area contributed by atoms with E-state index in [1.54, 1.807) is 17.7 Å². The van der Waals surface area contributed by atoms with Crippen LogP contribution in [-0.4, -0.2) is 14.7 Å². The zero-order chi connectivity index (χ0) is 8.43. The number of anilines is 1. The number of aliphatic hydroxyl groups is 1. The molecule has 1 heterocycles. The summed E-state index contributed by atoms with van der Waals surface area (Å²) in [5.74, 6) is 0.393. The van der Waals surface area contributed by atoms with Crippen molar-refractivity contribution in [2.45, 2.75) is 6.61 Å². The molecule has 1 aromatic rings. The van der Waals surface area contributed by atoms with E-state index in [1.165, 1.54) is 0 Å². The highest BCUT2D eigenvalue weighted by Crippen LogP contribution is 2.12. The molecule has 0 spiro atoms. The molecule has 0 saturated carbocycles. The number of hydrogen-bond acceptors (Lipinski definition) is 3. The van der Waals surface area contributed by atoms with Gasteiger partial charge in [0.05, 0.1) is 18.0 Å². The molecule has 0 radical (unpaired) electrons. The van der Waals surface area contributed by atoms with Crippen molar-refractivity contribution >= 4 is 12.0 Å². The van der Waals surface area contributed by atoms with E-state index in [4.69, 9.17) is 10.8 Å². The van der Waals surface area contributed by atoms with Crippen LogP contribution in [0.25, 0.3) is 6.08 Å². The number of aliphatic hydroxyl groups excluding tert-OH is 1. The predicted molar refractivity (Wildman–Crippen MR) is 43.6 cm³/mol. The van der Waals surface area contributed by atoms with E-state index >= 15 is 0 Å². The molecule has 0 amide bonds. The highest BCUT2D eigenvalue weighted by Gasteiger charge is 2.07. The topological polar surface area (TPSA) is 64.1 Å². The minimum absolute atomic E-state index is 0.0674. The molecule has 0 aliphatic carbocycles. The predicted octanol–water partition coefficient (Wildman–Crippen LogP) is 0.138. The minimum Gasteiger partial charge on any atom is -0.390 e. The number of rotatable bonds is 2. The molecule has 0 atom stereocenters. The fraction of sp³-hybridized carbons (Fsp3) is 0.286. The molecule has 1 rings (SSSR count). The van der Waals surface area contributed by atoms with Crippen molar-refractivity contribution in [2.75, 3.05) is 5.73 Å². The second-order valence-electron chi connectivity index (χ2n) is 2.22. The van der Waals surface area contributed by atoms with Gasteiger partial charge in [-0.1, -0.05) is 6.58 Å². The first-order valence-electron chi connectivity index (χ1n) is 3.25. The van der Waals surface area contributed by atoms with Crippen molar-refractivity contribution in [1.82, 2.24) is 9.55 Å². The Bertz CT molecular complexity index is 277. The Morgan fingerprint density at radius 1 is 1.82 bits per heavy atom. The first-order valence-corrected chi connectivity index (χ1v) is 3.25. The second-order valence-corrected chi connectivity index (χ2v) is 2.22. The first kappa shape index (κ1) is 7.81. The number of hydrogen-bond donors (Lipinski definition) is 2. The van der Waals surface area contributed by atoms with Crippen molar-refractivity contribution in [3.05, 3.63) is 18.0 Å². The fourth-order valence-corrected chi connectivity index (χ4v) is 0.924. The molecule has 1 aromatic heterocycles. The van der Waals surface area contributed by atoms with Gasteiger partial charge in [0, 0.05) is 7.05 Å². The average Bonchev–Trinajstić information content (AvgIpc) is 2.28. The van der Waals surface area contributed by atoms with Gasteiger partial charge in [-0.05, 0) is 6.08 Å². The highest BCUT2D eigenvalue weighted by atomic mass is 16.3. The molecule has 0 saturated heterocycles. The lowest BCUT2D eigenvalue weighted by atomic mass is 10.3. The van der Waals surface area contributed by atoms with Crippen LogP contribution < -0.4 is 5.73 Å². The summed E-state index contributed by atoms with van der Waals surface area (Å²) in [4.78, 5) is 3.96. The molecule has 4 nitrogen and oxygen atoms in total. The normalized spacial score (nSPS) is 10.0. The number of imidazole rings is 1. The van der Waals surface area contributed by atoms with Gasteiger partial charge in [0.2, 0.25) is 5.95 Å². The van der Waals surface area contributed by atoms with E-state index in [0.717, 1.165) is 0 Å². The van der Waals surface area contributed by atoms with Crippen LogP contribution in [0.5, 0.6) is 0 Å². The van der Waals surface area contributed by atoms with Crippen LogP contribution in [0.3, 0.4) is 0 Å². The smallest absolute Gasteiger partial charge is 0.200 e. The Morgan fingerprint density at radius 3 is 2.82 bits per heavy atom. The van der Waals surface area contributed by atoms with Crippen LogP contribution in [0.4, 0.5) is 5.95 Å². The monoisotopic (exact) mass is 153 g/mol. The Balaban J connectivity index is 3.26. The third-order valence-corrected chi connectivity index (χ3v) is 1.62. The molecule has 0 bridgehead atoms. The molecule has 0 aliphatic rings. The Kier molecular flexibility index (Phi) is 1.96. The van der Waals surface area contributed by atoms with Crippen LogP contribution >= 0.6 is 0 Å². The van der Waals surface area contributed by atoms with E-state index in [0.29, 0.717) is 17.3 Å².